The Morgan fingerprint density at radius 1 is 1.47 bits per heavy atom. The van der Waals surface area contributed by atoms with E-state index in [1.165, 1.54) is 0 Å². The molecular weight excluding hydrogens is 305 g/mol. The van der Waals surface area contributed by atoms with Gasteiger partial charge in [-0.1, -0.05) is 18.2 Å². The van der Waals surface area contributed by atoms with Crippen LogP contribution in [0.5, 0.6) is 0 Å². The Labute approximate surface area is 101 Å². The van der Waals surface area contributed by atoms with Crippen LogP contribution in [0.15, 0.2) is 24.3 Å². The second-order valence-corrected chi connectivity index (χ2v) is 4.48. The summed E-state index contributed by atoms with van der Waals surface area (Å²) in [7, 11) is 0. The van der Waals surface area contributed by atoms with Gasteiger partial charge in [0.1, 0.15) is 6.54 Å². The van der Waals surface area contributed by atoms with Crippen molar-refractivity contribution in [3.8, 4) is 0 Å². The van der Waals surface area contributed by atoms with Gasteiger partial charge in [-0.3, -0.25) is 4.79 Å². The van der Waals surface area contributed by atoms with E-state index in [0.717, 1.165) is 20.2 Å². The van der Waals surface area contributed by atoms with Gasteiger partial charge in [0.05, 0.1) is 0 Å². The fourth-order valence-corrected chi connectivity index (χ4v) is 2.47. The van der Waals surface area contributed by atoms with E-state index in [1.54, 1.807) is 0 Å². The van der Waals surface area contributed by atoms with Gasteiger partial charge in [0.2, 0.25) is 0 Å². The number of nitrogens with zero attached hydrogens (tertiary/aromatic N) is 1. The van der Waals surface area contributed by atoms with E-state index in [-0.39, 0.29) is 6.54 Å². The summed E-state index contributed by atoms with van der Waals surface area (Å²) in [5.41, 5.74) is 2.00. The maximum atomic E-state index is 10.8. The molecule has 0 aliphatic heterocycles. The van der Waals surface area contributed by atoms with Crippen molar-refractivity contribution in [3.63, 3.8) is 0 Å². The molecule has 0 unspecified atom stereocenters. The molecule has 0 atom stereocenters. The minimum atomic E-state index is -0.810. The van der Waals surface area contributed by atoms with Crippen LogP contribution in [0, 0.1) is 10.5 Å². The van der Waals surface area contributed by atoms with Crippen molar-refractivity contribution in [2.24, 2.45) is 0 Å². The number of para-hydroxylation sites is 1. The third-order valence-electron chi connectivity index (χ3n) is 2.45. The van der Waals surface area contributed by atoms with Crippen molar-refractivity contribution in [1.82, 2.24) is 4.57 Å². The monoisotopic (exact) mass is 315 g/mol. The zero-order valence-electron chi connectivity index (χ0n) is 8.20. The average molecular weight is 315 g/mol. The van der Waals surface area contributed by atoms with E-state index in [2.05, 4.69) is 22.6 Å². The van der Waals surface area contributed by atoms with Gasteiger partial charge in [-0.2, -0.15) is 0 Å². The Morgan fingerprint density at radius 3 is 2.80 bits per heavy atom. The molecule has 0 bridgehead atoms. The van der Waals surface area contributed by atoms with E-state index in [9.17, 15) is 4.79 Å². The summed E-state index contributed by atoms with van der Waals surface area (Å²) in [5.74, 6) is -0.810. The van der Waals surface area contributed by atoms with Crippen molar-refractivity contribution in [2.75, 3.05) is 0 Å². The first-order valence-corrected chi connectivity index (χ1v) is 5.64. The highest BCUT2D eigenvalue weighted by Crippen LogP contribution is 2.26. The molecule has 1 aromatic heterocycles. The molecule has 1 heterocycles. The normalized spacial score (nSPS) is 10.8. The van der Waals surface area contributed by atoms with Gasteiger partial charge >= 0.3 is 5.97 Å². The van der Waals surface area contributed by atoms with Gasteiger partial charge in [-0.15, -0.1) is 0 Å². The topological polar surface area (TPSA) is 42.2 Å². The first kappa shape index (κ1) is 10.5. The van der Waals surface area contributed by atoms with Crippen LogP contribution in [-0.2, 0) is 11.3 Å². The van der Waals surface area contributed by atoms with E-state index in [0.29, 0.717) is 0 Å². The molecule has 1 N–H and O–H groups in total. The molecule has 0 spiro atoms. The van der Waals surface area contributed by atoms with E-state index < -0.39 is 5.97 Å². The summed E-state index contributed by atoms with van der Waals surface area (Å²) in [4.78, 5) is 10.8. The molecule has 0 aliphatic rings. The van der Waals surface area contributed by atoms with Gasteiger partial charge in [0.25, 0.3) is 0 Å². The molecule has 0 saturated carbocycles. The van der Waals surface area contributed by atoms with Gasteiger partial charge in [-0.05, 0) is 35.6 Å². The Morgan fingerprint density at radius 2 is 2.13 bits per heavy atom. The summed E-state index contributed by atoms with van der Waals surface area (Å²) in [5, 5.41) is 9.96. The Hall–Kier alpha value is -1.04. The Kier molecular flexibility index (Phi) is 2.68. The summed E-state index contributed by atoms with van der Waals surface area (Å²) < 4.78 is 2.96. The molecule has 0 saturated heterocycles. The SMILES string of the molecule is Cc1c(I)c2ccccc2n1CC(=O)O. The Balaban J connectivity index is 2.72. The molecule has 4 heteroatoms. The van der Waals surface area contributed by atoms with Crippen LogP contribution in [0.3, 0.4) is 0 Å². The summed E-state index contributed by atoms with van der Waals surface area (Å²) in [6, 6.07) is 7.86. The smallest absolute Gasteiger partial charge is 0.323 e. The summed E-state index contributed by atoms with van der Waals surface area (Å²) in [6.07, 6.45) is 0. The second kappa shape index (κ2) is 3.84. The molecule has 2 rings (SSSR count). The third-order valence-corrected chi connectivity index (χ3v) is 3.81. The van der Waals surface area contributed by atoms with Crippen LogP contribution >= 0.6 is 22.6 Å². The van der Waals surface area contributed by atoms with Crippen LogP contribution in [0.4, 0.5) is 0 Å². The van der Waals surface area contributed by atoms with Crippen molar-refractivity contribution in [1.29, 1.82) is 0 Å². The van der Waals surface area contributed by atoms with Crippen LogP contribution in [-0.4, -0.2) is 15.6 Å². The highest BCUT2D eigenvalue weighted by atomic mass is 127. The lowest BCUT2D eigenvalue weighted by molar-refractivity contribution is -0.137. The van der Waals surface area contributed by atoms with Crippen molar-refractivity contribution < 1.29 is 9.90 Å². The number of fused-ring (bicyclic) bond motifs is 1. The van der Waals surface area contributed by atoms with Crippen molar-refractivity contribution in [3.05, 3.63) is 33.5 Å². The maximum absolute atomic E-state index is 10.8. The number of rotatable bonds is 2. The number of carbonyl (C=O) groups is 1. The highest BCUT2D eigenvalue weighted by molar-refractivity contribution is 14.1. The molecule has 0 aliphatic carbocycles. The average Bonchev–Trinajstić information content (AvgIpc) is 2.44. The second-order valence-electron chi connectivity index (χ2n) is 3.40. The zero-order chi connectivity index (χ0) is 11.0. The molecule has 78 valence electrons. The van der Waals surface area contributed by atoms with Crippen LogP contribution in [0.2, 0.25) is 0 Å². The number of aromatic nitrogens is 1. The molecule has 2 aromatic rings. The number of aliphatic carboxylic acids is 1. The molecule has 3 nitrogen and oxygen atoms in total. The predicted octanol–water partition coefficient (Wildman–Crippen LogP) is 2.64. The molecular formula is C11H10INO2. The van der Waals surface area contributed by atoms with E-state index >= 15 is 0 Å². The molecule has 15 heavy (non-hydrogen) atoms. The van der Waals surface area contributed by atoms with E-state index in [1.807, 2.05) is 35.8 Å². The van der Waals surface area contributed by atoms with Crippen LogP contribution in [0.25, 0.3) is 10.9 Å². The minimum absolute atomic E-state index is 0.0232. The first-order chi connectivity index (χ1) is 7.11. The lowest BCUT2D eigenvalue weighted by atomic mass is 10.2. The number of carboxylic acid groups (broad SMARTS) is 1. The number of benzene rings is 1. The number of carboxylic acids is 1. The highest BCUT2D eigenvalue weighted by Gasteiger charge is 2.12. The van der Waals surface area contributed by atoms with Crippen LogP contribution in [0.1, 0.15) is 5.69 Å². The fraction of sp³-hybridized carbons (Fsp3) is 0.182. The molecule has 0 radical (unpaired) electrons. The number of hydrogen-bond acceptors (Lipinski definition) is 1. The van der Waals surface area contributed by atoms with Gasteiger partial charge in [0, 0.05) is 20.2 Å². The Bertz CT molecular complexity index is 531. The van der Waals surface area contributed by atoms with Crippen LogP contribution < -0.4 is 0 Å². The quantitative estimate of drug-likeness (QED) is 0.866. The third kappa shape index (κ3) is 1.73. The summed E-state index contributed by atoms with van der Waals surface area (Å²) in [6.45, 7) is 1.97. The maximum Gasteiger partial charge on any atom is 0.323 e. The zero-order valence-corrected chi connectivity index (χ0v) is 10.4. The van der Waals surface area contributed by atoms with Gasteiger partial charge in [0.15, 0.2) is 0 Å². The number of halogens is 1. The lowest BCUT2D eigenvalue weighted by Crippen LogP contribution is -2.09. The standard InChI is InChI=1S/C11H10INO2/c1-7-11(12)8-4-2-3-5-9(8)13(7)6-10(14)15/h2-5H,6H2,1H3,(H,14,15). The number of hydrogen-bond donors (Lipinski definition) is 1. The van der Waals surface area contributed by atoms with E-state index in [4.69, 9.17) is 5.11 Å². The molecule has 1 aromatic carbocycles. The first-order valence-electron chi connectivity index (χ1n) is 4.56. The fourth-order valence-electron chi connectivity index (χ4n) is 1.73. The summed E-state index contributed by atoms with van der Waals surface area (Å²) >= 11 is 2.26. The minimum Gasteiger partial charge on any atom is -0.480 e. The van der Waals surface area contributed by atoms with Crippen molar-refractivity contribution in [2.45, 2.75) is 13.5 Å². The van der Waals surface area contributed by atoms with Crippen molar-refractivity contribution >= 4 is 39.5 Å². The largest absolute Gasteiger partial charge is 0.480 e. The van der Waals surface area contributed by atoms with Gasteiger partial charge < -0.3 is 9.67 Å². The lowest BCUT2D eigenvalue weighted by Gasteiger charge is -2.03. The molecule has 0 amide bonds. The van der Waals surface area contributed by atoms with Gasteiger partial charge in [-0.25, -0.2) is 0 Å². The predicted molar refractivity (Wildman–Crippen MR) is 67.0 cm³/mol. The molecule has 0 fully saturated rings.